The monoisotopic (exact) mass is 378 g/mol. The van der Waals surface area contributed by atoms with Crippen molar-refractivity contribution in [2.45, 2.75) is 12.5 Å². The highest BCUT2D eigenvalue weighted by Gasteiger charge is 2.25. The van der Waals surface area contributed by atoms with Crippen molar-refractivity contribution < 1.29 is 9.47 Å². The number of ether oxygens (including phenoxy) is 2. The van der Waals surface area contributed by atoms with Crippen molar-refractivity contribution in [3.63, 3.8) is 0 Å². The Labute approximate surface area is 163 Å². The van der Waals surface area contributed by atoms with Gasteiger partial charge in [-0.05, 0) is 31.5 Å². The van der Waals surface area contributed by atoms with Crippen molar-refractivity contribution in [2.75, 3.05) is 40.1 Å². The molecule has 1 aliphatic heterocycles. The maximum absolute atomic E-state index is 6.13. The first-order valence-electron chi connectivity index (χ1n) is 9.01. The predicted molar refractivity (Wildman–Crippen MR) is 106 cm³/mol. The summed E-state index contributed by atoms with van der Waals surface area (Å²) >= 11 is 0. The van der Waals surface area contributed by atoms with E-state index in [0.29, 0.717) is 28.4 Å². The van der Waals surface area contributed by atoms with Gasteiger partial charge in [0.2, 0.25) is 0 Å². The molecule has 0 radical (unpaired) electrons. The summed E-state index contributed by atoms with van der Waals surface area (Å²) < 4.78 is 12.6. The molecule has 3 heterocycles. The number of benzene rings is 1. The van der Waals surface area contributed by atoms with Crippen molar-refractivity contribution >= 4 is 16.9 Å². The molecule has 1 aromatic carbocycles. The first kappa shape index (κ1) is 18.1. The van der Waals surface area contributed by atoms with Gasteiger partial charge < -0.3 is 20.1 Å². The van der Waals surface area contributed by atoms with E-state index in [1.807, 2.05) is 16.8 Å². The first-order valence-corrected chi connectivity index (χ1v) is 9.01. The molecule has 0 aliphatic carbocycles. The third-order valence-corrected chi connectivity index (χ3v) is 4.91. The molecular formula is C20H22N6O2. The number of anilines is 1. The first-order chi connectivity index (χ1) is 13.6. The fraction of sp³-hybridized carbons (Fsp3) is 0.350. The highest BCUT2D eigenvalue weighted by molar-refractivity contribution is 5.90. The molecule has 28 heavy (non-hydrogen) atoms. The van der Waals surface area contributed by atoms with Crippen molar-refractivity contribution in [2.24, 2.45) is 0 Å². The summed E-state index contributed by atoms with van der Waals surface area (Å²) in [6, 6.07) is 5.74. The molecule has 0 unspecified atom stereocenters. The van der Waals surface area contributed by atoms with Crippen LogP contribution in [-0.4, -0.2) is 59.0 Å². The SMILES string of the molecule is COc1cc(C#Cc2nn([C@H]3CCN(C)C3)c3ncnc(N)c23)cc(OC)c1. The molecule has 1 saturated heterocycles. The predicted octanol–water partition coefficient (Wildman–Crippen LogP) is 1.70. The summed E-state index contributed by atoms with van der Waals surface area (Å²) in [7, 11) is 5.32. The number of likely N-dealkylation sites (N-methyl/N-ethyl adjacent to an activating group) is 1. The van der Waals surface area contributed by atoms with Gasteiger partial charge in [0, 0.05) is 24.7 Å². The third kappa shape index (κ3) is 3.32. The number of nitrogen functional groups attached to an aromatic ring is 1. The number of hydrogen-bond acceptors (Lipinski definition) is 7. The van der Waals surface area contributed by atoms with Gasteiger partial charge in [-0.15, -0.1) is 0 Å². The quantitative estimate of drug-likeness (QED) is 0.694. The summed E-state index contributed by atoms with van der Waals surface area (Å²) in [5.74, 6) is 8.01. The van der Waals surface area contributed by atoms with Crippen LogP contribution in [0.4, 0.5) is 5.82 Å². The summed E-state index contributed by atoms with van der Waals surface area (Å²) in [5, 5.41) is 5.43. The van der Waals surface area contributed by atoms with Crippen LogP contribution in [0.2, 0.25) is 0 Å². The standard InChI is InChI=1S/C20H22N6O2/c1-25-7-6-14(11-25)26-20-18(19(21)22-12-23-20)17(24-26)5-4-13-8-15(27-2)10-16(9-13)28-3/h8-10,12,14H,6-7,11H2,1-3H3,(H2,21,22,23)/t14-/m0/s1. The summed E-state index contributed by atoms with van der Waals surface area (Å²) in [6.45, 7) is 1.94. The van der Waals surface area contributed by atoms with Gasteiger partial charge in [-0.3, -0.25) is 0 Å². The highest BCUT2D eigenvalue weighted by Crippen LogP contribution is 2.28. The molecule has 2 N–H and O–H groups in total. The van der Waals surface area contributed by atoms with Gasteiger partial charge in [-0.1, -0.05) is 5.92 Å². The summed E-state index contributed by atoms with van der Waals surface area (Å²) in [5.41, 5.74) is 8.19. The average Bonchev–Trinajstić information content (AvgIpc) is 3.30. The second-order valence-electron chi connectivity index (χ2n) is 6.81. The molecule has 0 saturated carbocycles. The molecule has 3 aromatic rings. The van der Waals surface area contributed by atoms with Crippen molar-refractivity contribution in [3.8, 4) is 23.3 Å². The molecule has 1 aliphatic rings. The fourth-order valence-corrected chi connectivity index (χ4v) is 3.46. The molecule has 0 bridgehead atoms. The zero-order valence-electron chi connectivity index (χ0n) is 16.1. The van der Waals surface area contributed by atoms with Crippen molar-refractivity contribution in [1.82, 2.24) is 24.6 Å². The number of fused-ring (bicyclic) bond motifs is 1. The minimum absolute atomic E-state index is 0.245. The van der Waals surface area contributed by atoms with Crippen LogP contribution < -0.4 is 15.2 Å². The Morgan fingerprint density at radius 3 is 2.50 bits per heavy atom. The van der Waals surface area contributed by atoms with Crippen LogP contribution in [0.5, 0.6) is 11.5 Å². The van der Waals surface area contributed by atoms with Gasteiger partial charge in [0.1, 0.15) is 29.3 Å². The molecule has 0 amide bonds. The lowest BCUT2D eigenvalue weighted by atomic mass is 10.2. The number of hydrogen-bond donors (Lipinski definition) is 1. The summed E-state index contributed by atoms with van der Waals surface area (Å²) in [4.78, 5) is 10.8. The molecule has 1 fully saturated rings. The van der Waals surface area contributed by atoms with E-state index in [1.54, 1.807) is 20.3 Å². The lowest BCUT2D eigenvalue weighted by Crippen LogP contribution is -2.17. The molecule has 1 atom stereocenters. The topological polar surface area (TPSA) is 91.3 Å². The van der Waals surface area contributed by atoms with Gasteiger partial charge >= 0.3 is 0 Å². The third-order valence-electron chi connectivity index (χ3n) is 4.91. The molecule has 0 spiro atoms. The van der Waals surface area contributed by atoms with Crippen LogP contribution in [0.1, 0.15) is 23.7 Å². The fourth-order valence-electron chi connectivity index (χ4n) is 3.46. The second-order valence-corrected chi connectivity index (χ2v) is 6.81. The van der Waals surface area contributed by atoms with E-state index in [9.17, 15) is 0 Å². The average molecular weight is 378 g/mol. The number of nitrogens with zero attached hydrogens (tertiary/aromatic N) is 5. The number of aromatic nitrogens is 4. The number of nitrogens with two attached hydrogens (primary N) is 1. The zero-order chi connectivity index (χ0) is 19.7. The van der Waals surface area contributed by atoms with Crippen molar-refractivity contribution in [1.29, 1.82) is 0 Å². The van der Waals surface area contributed by atoms with Gasteiger partial charge in [0.15, 0.2) is 5.65 Å². The Kier molecular flexibility index (Phi) is 4.75. The minimum Gasteiger partial charge on any atom is -0.497 e. The molecular weight excluding hydrogens is 356 g/mol. The van der Waals surface area contributed by atoms with Gasteiger partial charge in [-0.2, -0.15) is 5.10 Å². The van der Waals surface area contributed by atoms with Crippen LogP contribution in [0.3, 0.4) is 0 Å². The molecule has 144 valence electrons. The van der Waals surface area contributed by atoms with Crippen LogP contribution in [0.15, 0.2) is 24.5 Å². The number of rotatable bonds is 3. The van der Waals surface area contributed by atoms with E-state index in [4.69, 9.17) is 20.3 Å². The smallest absolute Gasteiger partial charge is 0.164 e. The van der Waals surface area contributed by atoms with Crippen LogP contribution >= 0.6 is 0 Å². The number of methoxy groups -OCH3 is 2. The normalized spacial score (nSPS) is 16.8. The van der Waals surface area contributed by atoms with Crippen LogP contribution in [-0.2, 0) is 0 Å². The Balaban J connectivity index is 1.79. The van der Waals surface area contributed by atoms with E-state index in [0.717, 1.165) is 30.7 Å². The van der Waals surface area contributed by atoms with Gasteiger partial charge in [0.25, 0.3) is 0 Å². The van der Waals surface area contributed by atoms with Gasteiger partial charge in [0.05, 0.1) is 25.6 Å². The zero-order valence-corrected chi connectivity index (χ0v) is 16.1. The Hall–Kier alpha value is -3.31. The van der Waals surface area contributed by atoms with Crippen LogP contribution in [0.25, 0.3) is 11.0 Å². The maximum Gasteiger partial charge on any atom is 0.164 e. The highest BCUT2D eigenvalue weighted by atomic mass is 16.5. The van der Waals surface area contributed by atoms with Gasteiger partial charge in [-0.25, -0.2) is 14.6 Å². The molecule has 8 heteroatoms. The van der Waals surface area contributed by atoms with E-state index in [-0.39, 0.29) is 6.04 Å². The summed E-state index contributed by atoms with van der Waals surface area (Å²) in [6.07, 6.45) is 2.48. The van der Waals surface area contributed by atoms with Crippen molar-refractivity contribution in [3.05, 3.63) is 35.8 Å². The maximum atomic E-state index is 6.13. The lowest BCUT2D eigenvalue weighted by Gasteiger charge is -2.11. The molecule has 2 aromatic heterocycles. The van der Waals surface area contributed by atoms with E-state index < -0.39 is 0 Å². The van der Waals surface area contributed by atoms with E-state index >= 15 is 0 Å². The lowest BCUT2D eigenvalue weighted by molar-refractivity contribution is 0.385. The minimum atomic E-state index is 0.245. The van der Waals surface area contributed by atoms with E-state index in [1.165, 1.54) is 6.33 Å². The van der Waals surface area contributed by atoms with E-state index in [2.05, 4.69) is 33.8 Å². The molecule has 4 rings (SSSR count). The largest absolute Gasteiger partial charge is 0.497 e. The molecule has 8 nitrogen and oxygen atoms in total. The Bertz CT molecular complexity index is 1060. The number of likely N-dealkylation sites (tertiary alicyclic amines) is 1. The Morgan fingerprint density at radius 2 is 1.86 bits per heavy atom. The Morgan fingerprint density at radius 1 is 1.11 bits per heavy atom. The van der Waals surface area contributed by atoms with Crippen LogP contribution in [0, 0.1) is 11.8 Å². The second kappa shape index (κ2) is 7.37.